The van der Waals surface area contributed by atoms with Crippen LogP contribution in [0.25, 0.3) is 0 Å². The van der Waals surface area contributed by atoms with Crippen LogP contribution < -0.4 is 0 Å². The van der Waals surface area contributed by atoms with Crippen molar-refractivity contribution in [3.63, 3.8) is 0 Å². The molecular formula is C17H22F3NO4S. The maximum absolute atomic E-state index is 12.6. The van der Waals surface area contributed by atoms with Gasteiger partial charge in [0.05, 0.1) is 23.5 Å². The fourth-order valence-electron chi connectivity index (χ4n) is 3.20. The normalized spacial score (nSPS) is 21.6. The van der Waals surface area contributed by atoms with Crippen LogP contribution in [0.5, 0.6) is 0 Å². The second kappa shape index (κ2) is 7.96. The zero-order chi connectivity index (χ0) is 19.5. The molecule has 2 rings (SSSR count). The Morgan fingerprint density at radius 2 is 1.69 bits per heavy atom. The second-order valence-corrected chi connectivity index (χ2v) is 8.59. The smallest absolute Gasteiger partial charge is 0.416 e. The number of benzene rings is 1. The molecule has 0 radical (unpaired) electrons. The summed E-state index contributed by atoms with van der Waals surface area (Å²) in [5.41, 5.74) is -0.889. The Labute approximate surface area is 151 Å². The summed E-state index contributed by atoms with van der Waals surface area (Å²) in [7, 11) is -1.10. The number of hydrogen-bond acceptors (Lipinski definition) is 4. The van der Waals surface area contributed by atoms with Crippen LogP contribution in [0.1, 0.15) is 31.2 Å². The van der Waals surface area contributed by atoms with Gasteiger partial charge in [0, 0.05) is 13.6 Å². The average molecular weight is 393 g/mol. The number of carbonyl (C=O) groups is 1. The number of rotatable bonds is 5. The highest BCUT2D eigenvalue weighted by atomic mass is 32.2. The molecule has 0 unspecified atom stereocenters. The van der Waals surface area contributed by atoms with Crippen LogP contribution in [0.4, 0.5) is 13.2 Å². The Hall–Kier alpha value is -1.61. The van der Waals surface area contributed by atoms with E-state index in [0.29, 0.717) is 25.7 Å². The van der Waals surface area contributed by atoms with Crippen LogP contribution in [-0.4, -0.2) is 39.4 Å². The lowest BCUT2D eigenvalue weighted by molar-refractivity contribution is -0.146. The van der Waals surface area contributed by atoms with E-state index in [1.807, 2.05) is 0 Å². The molecule has 0 aromatic heterocycles. The monoisotopic (exact) mass is 393 g/mol. The topological polar surface area (TPSA) is 63.7 Å². The van der Waals surface area contributed by atoms with Gasteiger partial charge < -0.3 is 4.74 Å². The van der Waals surface area contributed by atoms with Gasteiger partial charge in [0.25, 0.3) is 0 Å². The Morgan fingerprint density at radius 3 is 2.15 bits per heavy atom. The second-order valence-electron chi connectivity index (χ2n) is 6.55. The molecule has 0 N–H and O–H groups in total. The van der Waals surface area contributed by atoms with E-state index in [1.54, 1.807) is 0 Å². The minimum Gasteiger partial charge on any atom is -0.469 e. The van der Waals surface area contributed by atoms with Crippen molar-refractivity contribution in [1.29, 1.82) is 0 Å². The number of esters is 1. The zero-order valence-corrected chi connectivity index (χ0v) is 15.4. The molecule has 0 amide bonds. The third kappa shape index (κ3) is 4.76. The first-order valence-electron chi connectivity index (χ1n) is 8.27. The van der Waals surface area contributed by atoms with Crippen LogP contribution >= 0.6 is 0 Å². The van der Waals surface area contributed by atoms with E-state index in [-0.39, 0.29) is 29.2 Å². The van der Waals surface area contributed by atoms with E-state index in [9.17, 15) is 26.4 Å². The Bertz CT molecular complexity index is 723. The molecule has 0 atom stereocenters. The fraction of sp³-hybridized carbons (Fsp3) is 0.588. The molecule has 0 spiro atoms. The minimum atomic E-state index is -4.51. The van der Waals surface area contributed by atoms with E-state index in [2.05, 4.69) is 0 Å². The molecule has 1 aromatic carbocycles. The molecular weight excluding hydrogens is 371 g/mol. The first-order valence-corrected chi connectivity index (χ1v) is 9.71. The van der Waals surface area contributed by atoms with Crippen molar-refractivity contribution in [3.8, 4) is 0 Å². The van der Waals surface area contributed by atoms with E-state index in [1.165, 1.54) is 18.5 Å². The molecule has 9 heteroatoms. The average Bonchev–Trinajstić information content (AvgIpc) is 2.61. The number of sulfonamides is 1. The molecule has 146 valence electrons. The van der Waals surface area contributed by atoms with Crippen molar-refractivity contribution < 1.29 is 31.1 Å². The lowest BCUT2D eigenvalue weighted by Crippen LogP contribution is -2.34. The Balaban J connectivity index is 2.00. The Kier molecular flexibility index (Phi) is 6.33. The number of ether oxygens (including phenoxy) is 1. The summed E-state index contributed by atoms with van der Waals surface area (Å²) in [5, 5.41) is 0. The zero-order valence-electron chi connectivity index (χ0n) is 14.6. The molecule has 5 nitrogen and oxygen atoms in total. The quantitative estimate of drug-likeness (QED) is 0.720. The lowest BCUT2D eigenvalue weighted by atomic mass is 9.82. The van der Waals surface area contributed by atoms with E-state index in [0.717, 1.165) is 24.3 Å². The first kappa shape index (κ1) is 20.7. The molecule has 0 heterocycles. The van der Waals surface area contributed by atoms with Crippen molar-refractivity contribution in [2.45, 2.75) is 36.8 Å². The van der Waals surface area contributed by atoms with Gasteiger partial charge in [-0.15, -0.1) is 0 Å². The molecule has 1 aliphatic rings. The largest absolute Gasteiger partial charge is 0.469 e. The summed E-state index contributed by atoms with van der Waals surface area (Å²) >= 11 is 0. The number of methoxy groups -OCH3 is 1. The number of carbonyl (C=O) groups excluding carboxylic acids is 1. The molecule has 1 aromatic rings. The van der Waals surface area contributed by atoms with Gasteiger partial charge in [0.1, 0.15) is 0 Å². The van der Waals surface area contributed by atoms with Crippen molar-refractivity contribution >= 4 is 16.0 Å². The van der Waals surface area contributed by atoms with E-state index < -0.39 is 21.8 Å². The third-order valence-corrected chi connectivity index (χ3v) is 6.62. The summed E-state index contributed by atoms with van der Waals surface area (Å²) in [5.74, 6) is -0.285. The fourth-order valence-corrected chi connectivity index (χ4v) is 4.45. The van der Waals surface area contributed by atoms with Crippen LogP contribution in [-0.2, 0) is 25.7 Å². The maximum Gasteiger partial charge on any atom is 0.416 e. The van der Waals surface area contributed by atoms with Crippen molar-refractivity contribution in [2.75, 3.05) is 20.7 Å². The lowest BCUT2D eigenvalue weighted by Gasteiger charge is -2.29. The van der Waals surface area contributed by atoms with Gasteiger partial charge in [-0.05, 0) is 55.9 Å². The van der Waals surface area contributed by atoms with Crippen LogP contribution in [0.2, 0.25) is 0 Å². The van der Waals surface area contributed by atoms with Crippen LogP contribution in [0.3, 0.4) is 0 Å². The Morgan fingerprint density at radius 1 is 1.15 bits per heavy atom. The van der Waals surface area contributed by atoms with Crippen molar-refractivity contribution in [3.05, 3.63) is 29.8 Å². The van der Waals surface area contributed by atoms with E-state index in [4.69, 9.17) is 4.74 Å². The van der Waals surface area contributed by atoms with E-state index >= 15 is 0 Å². The molecule has 1 fully saturated rings. The van der Waals surface area contributed by atoms with Crippen LogP contribution in [0, 0.1) is 11.8 Å². The van der Waals surface area contributed by atoms with Crippen molar-refractivity contribution in [1.82, 2.24) is 4.31 Å². The summed E-state index contributed by atoms with van der Waals surface area (Å²) in [6.07, 6.45) is -1.82. The highest BCUT2D eigenvalue weighted by Crippen LogP contribution is 2.32. The van der Waals surface area contributed by atoms with Gasteiger partial charge in [-0.2, -0.15) is 13.2 Å². The number of alkyl halides is 3. The molecule has 0 saturated heterocycles. The standard InChI is InChI=1S/C17H22F3NO4S/c1-21(11-12-3-5-13(6-4-12)16(22)25-2)26(23,24)15-9-7-14(8-10-15)17(18,19)20/h7-10,12-13H,3-6,11H2,1-2H3. The van der Waals surface area contributed by atoms with Gasteiger partial charge in [0.15, 0.2) is 0 Å². The summed E-state index contributed by atoms with van der Waals surface area (Å²) in [6, 6.07) is 3.48. The van der Waals surface area contributed by atoms with Gasteiger partial charge in [-0.3, -0.25) is 4.79 Å². The van der Waals surface area contributed by atoms with Crippen LogP contribution in [0.15, 0.2) is 29.2 Å². The SMILES string of the molecule is COC(=O)C1CCC(CN(C)S(=O)(=O)c2ccc(C(F)(F)F)cc2)CC1. The van der Waals surface area contributed by atoms with Gasteiger partial charge >= 0.3 is 12.1 Å². The molecule has 1 aliphatic carbocycles. The summed E-state index contributed by atoms with van der Waals surface area (Å²) < 4.78 is 68.8. The van der Waals surface area contributed by atoms with Gasteiger partial charge in [0.2, 0.25) is 10.0 Å². The molecule has 0 bridgehead atoms. The third-order valence-electron chi connectivity index (χ3n) is 4.79. The highest BCUT2D eigenvalue weighted by molar-refractivity contribution is 7.89. The summed E-state index contributed by atoms with van der Waals surface area (Å²) in [4.78, 5) is 11.4. The predicted octanol–water partition coefficient (Wildman–Crippen LogP) is 3.31. The molecule has 0 aliphatic heterocycles. The number of hydrogen-bond donors (Lipinski definition) is 0. The number of nitrogens with zero attached hydrogens (tertiary/aromatic N) is 1. The van der Waals surface area contributed by atoms with Gasteiger partial charge in [-0.25, -0.2) is 12.7 Å². The van der Waals surface area contributed by atoms with Gasteiger partial charge in [-0.1, -0.05) is 0 Å². The molecule has 26 heavy (non-hydrogen) atoms. The van der Waals surface area contributed by atoms with Crippen molar-refractivity contribution in [2.24, 2.45) is 11.8 Å². The predicted molar refractivity (Wildman–Crippen MR) is 88.7 cm³/mol. The maximum atomic E-state index is 12.6. The molecule has 1 saturated carbocycles. The minimum absolute atomic E-state index is 0.102. The summed E-state index contributed by atoms with van der Waals surface area (Å²) in [6.45, 7) is 0.261. The highest BCUT2D eigenvalue weighted by Gasteiger charge is 2.32. The number of halogens is 3. The first-order chi connectivity index (χ1) is 12.1.